The van der Waals surface area contributed by atoms with Crippen molar-refractivity contribution in [1.82, 2.24) is 0 Å². The van der Waals surface area contributed by atoms with Crippen molar-refractivity contribution in [3.05, 3.63) is 46.1 Å². The van der Waals surface area contributed by atoms with E-state index >= 15 is 0 Å². The van der Waals surface area contributed by atoms with Crippen molar-refractivity contribution in [2.24, 2.45) is 0 Å². The Morgan fingerprint density at radius 3 is 2.44 bits per heavy atom. The lowest BCUT2D eigenvalue weighted by molar-refractivity contribution is 0.185. The highest BCUT2D eigenvalue weighted by atomic mass is 16.5. The highest BCUT2D eigenvalue weighted by Crippen LogP contribution is 2.49. The molecule has 4 rings (SSSR count). The number of aromatic hydroxyl groups is 2. The molecular weight excluding hydrogens is 348 g/mol. The first-order valence-corrected chi connectivity index (χ1v) is 8.63. The largest absolute Gasteiger partial charge is 0.508 e. The molecule has 2 N–H and O–H groups in total. The number of hydrogen-bond donors (Lipinski definition) is 2. The van der Waals surface area contributed by atoms with Crippen LogP contribution in [-0.2, 0) is 5.41 Å². The van der Waals surface area contributed by atoms with Gasteiger partial charge in [-0.3, -0.25) is 4.79 Å². The van der Waals surface area contributed by atoms with Crippen LogP contribution in [0.15, 0.2) is 39.5 Å². The third-order valence-electron chi connectivity index (χ3n) is 5.37. The zero-order chi connectivity index (χ0) is 19.5. The number of hydrogen-bond acceptors (Lipinski definition) is 6. The zero-order valence-corrected chi connectivity index (χ0v) is 15.5. The maximum atomic E-state index is 13.1. The summed E-state index contributed by atoms with van der Waals surface area (Å²) in [6.45, 7) is 5.94. The van der Waals surface area contributed by atoms with Crippen LogP contribution < -0.4 is 14.9 Å². The lowest BCUT2D eigenvalue weighted by Crippen LogP contribution is -2.29. The second-order valence-corrected chi connectivity index (χ2v) is 7.30. The summed E-state index contributed by atoms with van der Waals surface area (Å²) in [6, 6.07) is 7.73. The van der Waals surface area contributed by atoms with Crippen molar-refractivity contribution in [2.45, 2.75) is 32.3 Å². The van der Waals surface area contributed by atoms with Crippen LogP contribution in [0.5, 0.6) is 23.0 Å². The first kappa shape index (κ1) is 17.3. The summed E-state index contributed by atoms with van der Waals surface area (Å²) < 4.78 is 17.3. The molecule has 0 fully saturated rings. The monoisotopic (exact) mass is 368 g/mol. The number of phenolic OH excluding ortho intramolecular Hbond substituents is 2. The summed E-state index contributed by atoms with van der Waals surface area (Å²) in [7, 11) is 1.38. The van der Waals surface area contributed by atoms with E-state index in [1.165, 1.54) is 25.3 Å². The summed E-state index contributed by atoms with van der Waals surface area (Å²) in [6.07, 6.45) is -0.151. The van der Waals surface area contributed by atoms with Gasteiger partial charge in [0.1, 0.15) is 34.3 Å². The van der Waals surface area contributed by atoms with Crippen LogP contribution in [0.3, 0.4) is 0 Å². The number of phenols is 2. The molecule has 0 radical (unpaired) electrons. The fourth-order valence-electron chi connectivity index (χ4n) is 3.54. The van der Waals surface area contributed by atoms with Crippen LogP contribution >= 0.6 is 0 Å². The molecule has 0 bridgehead atoms. The molecule has 1 atom stereocenters. The predicted molar refractivity (Wildman–Crippen MR) is 101 cm³/mol. The predicted octanol–water partition coefficient (Wildman–Crippen LogP) is 3.94. The Morgan fingerprint density at radius 2 is 1.81 bits per heavy atom. The molecule has 1 aromatic heterocycles. The second-order valence-electron chi connectivity index (χ2n) is 7.30. The Bertz CT molecular complexity index is 1110. The number of ether oxygens (including phenoxy) is 2. The van der Waals surface area contributed by atoms with E-state index in [0.717, 1.165) is 5.56 Å². The van der Waals surface area contributed by atoms with Crippen molar-refractivity contribution in [3.8, 4) is 34.3 Å². The van der Waals surface area contributed by atoms with E-state index < -0.39 is 10.8 Å². The fraction of sp³-hybridized carbons (Fsp3) is 0.286. The molecule has 0 amide bonds. The molecule has 0 saturated carbocycles. The molecule has 27 heavy (non-hydrogen) atoms. The van der Waals surface area contributed by atoms with Crippen LogP contribution in [0, 0.1) is 0 Å². The first-order chi connectivity index (χ1) is 12.8. The Kier molecular flexibility index (Phi) is 3.63. The van der Waals surface area contributed by atoms with Crippen LogP contribution in [0.25, 0.3) is 22.3 Å². The zero-order valence-electron chi connectivity index (χ0n) is 15.5. The number of rotatable bonds is 2. The van der Waals surface area contributed by atoms with Gasteiger partial charge in [0.15, 0.2) is 5.76 Å². The van der Waals surface area contributed by atoms with Gasteiger partial charge in [-0.2, -0.15) is 0 Å². The second kappa shape index (κ2) is 5.67. The quantitative estimate of drug-likeness (QED) is 0.712. The summed E-state index contributed by atoms with van der Waals surface area (Å²) in [5.41, 5.74) is 0.719. The fourth-order valence-corrected chi connectivity index (χ4v) is 3.54. The topological polar surface area (TPSA) is 89.1 Å². The molecule has 1 aliphatic rings. The van der Waals surface area contributed by atoms with Crippen LogP contribution in [0.2, 0.25) is 0 Å². The lowest BCUT2D eigenvalue weighted by atomic mass is 9.81. The van der Waals surface area contributed by atoms with Gasteiger partial charge in [-0.1, -0.05) is 13.8 Å². The Balaban J connectivity index is 2.15. The molecular formula is C21H20O6. The number of methoxy groups -OCH3 is 1. The molecule has 1 aliphatic heterocycles. The molecule has 3 aromatic rings. The minimum absolute atomic E-state index is 0.00629. The van der Waals surface area contributed by atoms with Gasteiger partial charge >= 0.3 is 0 Å². The molecule has 140 valence electrons. The normalized spacial score (nSPS) is 17.6. The van der Waals surface area contributed by atoms with Gasteiger partial charge in [0.05, 0.1) is 7.11 Å². The van der Waals surface area contributed by atoms with E-state index in [-0.39, 0.29) is 40.1 Å². The van der Waals surface area contributed by atoms with Gasteiger partial charge in [-0.05, 0) is 31.2 Å². The standard InChI is InChI=1S/C21H20O6/c1-10-21(2,3)16-14(26-10)9-13(23)15-17(24)20(25-4)18(27-19(15)16)11-5-7-12(22)8-6-11/h5-10,22-23H,1-4H3. The molecule has 0 aliphatic carbocycles. The van der Waals surface area contributed by atoms with Gasteiger partial charge in [0, 0.05) is 22.6 Å². The van der Waals surface area contributed by atoms with E-state index in [1.54, 1.807) is 12.1 Å². The Hall–Kier alpha value is -3.15. The molecule has 6 heteroatoms. The van der Waals surface area contributed by atoms with Gasteiger partial charge < -0.3 is 24.1 Å². The Morgan fingerprint density at radius 1 is 1.15 bits per heavy atom. The van der Waals surface area contributed by atoms with Crippen molar-refractivity contribution >= 4 is 11.0 Å². The van der Waals surface area contributed by atoms with Gasteiger partial charge in [0.2, 0.25) is 11.2 Å². The smallest absolute Gasteiger partial charge is 0.239 e. The molecule has 2 heterocycles. The molecule has 6 nitrogen and oxygen atoms in total. The molecule has 1 unspecified atom stereocenters. The van der Waals surface area contributed by atoms with E-state index in [9.17, 15) is 15.0 Å². The van der Waals surface area contributed by atoms with Gasteiger partial charge in [-0.25, -0.2) is 0 Å². The van der Waals surface area contributed by atoms with Crippen molar-refractivity contribution in [3.63, 3.8) is 0 Å². The summed E-state index contributed by atoms with van der Waals surface area (Å²) in [5, 5.41) is 20.1. The van der Waals surface area contributed by atoms with Crippen molar-refractivity contribution in [1.29, 1.82) is 0 Å². The van der Waals surface area contributed by atoms with Crippen LogP contribution in [-0.4, -0.2) is 23.4 Å². The maximum Gasteiger partial charge on any atom is 0.239 e. The third-order valence-corrected chi connectivity index (χ3v) is 5.37. The highest BCUT2D eigenvalue weighted by Gasteiger charge is 2.42. The summed E-state index contributed by atoms with van der Waals surface area (Å²) >= 11 is 0. The third kappa shape index (κ3) is 2.36. The molecule has 2 aromatic carbocycles. The van der Waals surface area contributed by atoms with E-state index in [1.807, 2.05) is 20.8 Å². The minimum atomic E-state index is -0.461. The molecule has 0 saturated heterocycles. The molecule has 0 spiro atoms. The van der Waals surface area contributed by atoms with Crippen LogP contribution in [0.1, 0.15) is 26.3 Å². The van der Waals surface area contributed by atoms with Crippen LogP contribution in [0.4, 0.5) is 0 Å². The Labute approximate surface area is 155 Å². The summed E-state index contributed by atoms with van der Waals surface area (Å²) in [4.78, 5) is 13.1. The van der Waals surface area contributed by atoms with E-state index in [4.69, 9.17) is 13.9 Å². The van der Waals surface area contributed by atoms with Crippen molar-refractivity contribution < 1.29 is 24.1 Å². The number of fused-ring (bicyclic) bond motifs is 3. The maximum absolute atomic E-state index is 13.1. The van der Waals surface area contributed by atoms with E-state index in [0.29, 0.717) is 11.3 Å². The number of benzene rings is 2. The average Bonchev–Trinajstić information content (AvgIpc) is 2.83. The summed E-state index contributed by atoms with van der Waals surface area (Å²) in [5.74, 6) is 0.620. The van der Waals surface area contributed by atoms with E-state index in [2.05, 4.69) is 0 Å². The minimum Gasteiger partial charge on any atom is -0.508 e. The lowest BCUT2D eigenvalue weighted by Gasteiger charge is -2.23. The SMILES string of the molecule is COc1c(-c2ccc(O)cc2)oc2c3c(cc(O)c2c1=O)OC(C)C3(C)C. The van der Waals surface area contributed by atoms with Gasteiger partial charge in [0.25, 0.3) is 0 Å². The van der Waals surface area contributed by atoms with Crippen molar-refractivity contribution in [2.75, 3.05) is 7.11 Å². The van der Waals surface area contributed by atoms with Gasteiger partial charge in [-0.15, -0.1) is 0 Å². The highest BCUT2D eigenvalue weighted by molar-refractivity contribution is 5.92. The average molecular weight is 368 g/mol. The first-order valence-electron chi connectivity index (χ1n) is 8.63.